The van der Waals surface area contributed by atoms with E-state index in [0.29, 0.717) is 24.2 Å². The first kappa shape index (κ1) is 16.2. The highest BCUT2D eigenvalue weighted by molar-refractivity contribution is 7.13. The average molecular weight is 339 g/mol. The van der Waals surface area contributed by atoms with E-state index in [1.165, 1.54) is 6.92 Å². The Labute approximate surface area is 144 Å². The van der Waals surface area contributed by atoms with E-state index in [1.54, 1.807) is 46.7 Å². The molecule has 1 amide bonds. The molecule has 1 aromatic carbocycles. The maximum atomic E-state index is 12.2. The van der Waals surface area contributed by atoms with E-state index in [4.69, 9.17) is 0 Å². The molecule has 1 aromatic heterocycles. The quantitative estimate of drug-likeness (QED) is 0.621. The number of ketones is 1. The molecule has 1 saturated heterocycles. The van der Waals surface area contributed by atoms with Gasteiger partial charge in [-0.1, -0.05) is 18.1 Å². The number of hydrogen-bond donors (Lipinski definition) is 0. The summed E-state index contributed by atoms with van der Waals surface area (Å²) in [6.07, 6.45) is 1.79. The molecule has 0 N–H and O–H groups in total. The van der Waals surface area contributed by atoms with Crippen LogP contribution in [0.15, 0.2) is 35.8 Å². The number of hydrogen-bond acceptors (Lipinski definition) is 5. The Hall–Kier alpha value is -2.65. The predicted octanol–water partition coefficient (Wildman–Crippen LogP) is 2.05. The molecule has 1 aliphatic heterocycles. The Bertz CT molecular complexity index is 797. The van der Waals surface area contributed by atoms with Crippen LogP contribution >= 0.6 is 11.3 Å². The SMILES string of the molecule is CC(=O)c1cccc(C#CC(=O)N2CCN(c3nccs3)CC2)c1. The molecule has 2 heterocycles. The van der Waals surface area contributed by atoms with Crippen LogP contribution in [0, 0.1) is 11.8 Å². The number of carbonyl (C=O) groups excluding carboxylic acids is 2. The smallest absolute Gasteiger partial charge is 0.298 e. The van der Waals surface area contributed by atoms with Crippen molar-refractivity contribution in [2.24, 2.45) is 0 Å². The number of benzene rings is 1. The molecule has 0 spiro atoms. The topological polar surface area (TPSA) is 53.5 Å². The first-order valence-electron chi connectivity index (χ1n) is 7.70. The average Bonchev–Trinajstić information content (AvgIpc) is 3.14. The van der Waals surface area contributed by atoms with Gasteiger partial charge in [-0.3, -0.25) is 9.59 Å². The Morgan fingerprint density at radius 2 is 2.00 bits per heavy atom. The van der Waals surface area contributed by atoms with Gasteiger partial charge in [-0.05, 0) is 19.1 Å². The largest absolute Gasteiger partial charge is 0.345 e. The number of amides is 1. The molecule has 6 heteroatoms. The summed E-state index contributed by atoms with van der Waals surface area (Å²) in [5.74, 6) is 5.35. The van der Waals surface area contributed by atoms with E-state index in [2.05, 4.69) is 21.7 Å². The first-order chi connectivity index (χ1) is 11.6. The van der Waals surface area contributed by atoms with Crippen LogP contribution in [0.3, 0.4) is 0 Å². The van der Waals surface area contributed by atoms with Gasteiger partial charge in [0.05, 0.1) is 0 Å². The van der Waals surface area contributed by atoms with Gasteiger partial charge in [0.25, 0.3) is 5.91 Å². The summed E-state index contributed by atoms with van der Waals surface area (Å²) in [5, 5.41) is 2.95. The fourth-order valence-corrected chi connectivity index (χ4v) is 3.19. The zero-order valence-electron chi connectivity index (χ0n) is 13.4. The minimum atomic E-state index is -0.179. The number of nitrogens with zero attached hydrogens (tertiary/aromatic N) is 3. The molecule has 2 aromatic rings. The van der Waals surface area contributed by atoms with Crippen LogP contribution in [0.2, 0.25) is 0 Å². The van der Waals surface area contributed by atoms with Crippen molar-refractivity contribution in [2.45, 2.75) is 6.92 Å². The minimum Gasteiger partial charge on any atom is -0.345 e. The van der Waals surface area contributed by atoms with Crippen LogP contribution in [-0.4, -0.2) is 47.8 Å². The lowest BCUT2D eigenvalue weighted by Crippen LogP contribution is -2.48. The number of rotatable bonds is 2. The fourth-order valence-electron chi connectivity index (χ4n) is 2.49. The van der Waals surface area contributed by atoms with E-state index in [9.17, 15) is 9.59 Å². The Morgan fingerprint density at radius 3 is 2.67 bits per heavy atom. The highest BCUT2D eigenvalue weighted by Crippen LogP contribution is 2.18. The van der Waals surface area contributed by atoms with E-state index >= 15 is 0 Å². The molecular formula is C18H17N3O2S. The summed E-state index contributed by atoms with van der Waals surface area (Å²) in [6.45, 7) is 4.32. The summed E-state index contributed by atoms with van der Waals surface area (Å²) in [5.41, 5.74) is 1.28. The van der Waals surface area contributed by atoms with Crippen LogP contribution in [-0.2, 0) is 4.79 Å². The highest BCUT2D eigenvalue weighted by Gasteiger charge is 2.21. The first-order valence-corrected chi connectivity index (χ1v) is 8.58. The van der Waals surface area contributed by atoms with Gasteiger partial charge < -0.3 is 9.80 Å². The van der Waals surface area contributed by atoms with Crippen molar-refractivity contribution in [1.29, 1.82) is 0 Å². The zero-order valence-corrected chi connectivity index (χ0v) is 14.2. The zero-order chi connectivity index (χ0) is 16.9. The molecular weight excluding hydrogens is 322 g/mol. The number of anilines is 1. The van der Waals surface area contributed by atoms with Gasteiger partial charge in [0.2, 0.25) is 0 Å². The maximum absolute atomic E-state index is 12.2. The third-order valence-electron chi connectivity index (χ3n) is 3.84. The Kier molecular flexibility index (Phi) is 4.92. The van der Waals surface area contributed by atoms with Gasteiger partial charge in [-0.25, -0.2) is 4.98 Å². The Balaban J connectivity index is 1.61. The lowest BCUT2D eigenvalue weighted by Gasteiger charge is -2.33. The van der Waals surface area contributed by atoms with Crippen molar-refractivity contribution in [3.8, 4) is 11.8 Å². The van der Waals surface area contributed by atoms with E-state index in [0.717, 1.165) is 18.2 Å². The highest BCUT2D eigenvalue weighted by atomic mass is 32.1. The molecule has 0 saturated carbocycles. The summed E-state index contributed by atoms with van der Waals surface area (Å²) in [6, 6.07) is 7.03. The fraction of sp³-hybridized carbons (Fsp3) is 0.278. The van der Waals surface area contributed by atoms with Crippen LogP contribution < -0.4 is 4.90 Å². The molecule has 5 nitrogen and oxygen atoms in total. The van der Waals surface area contributed by atoms with Crippen molar-refractivity contribution in [2.75, 3.05) is 31.1 Å². The normalized spacial score (nSPS) is 14.0. The summed E-state index contributed by atoms with van der Waals surface area (Å²) < 4.78 is 0. The van der Waals surface area contributed by atoms with Crippen molar-refractivity contribution in [3.05, 3.63) is 47.0 Å². The lowest BCUT2D eigenvalue weighted by molar-refractivity contribution is -0.125. The van der Waals surface area contributed by atoms with Crippen molar-refractivity contribution in [3.63, 3.8) is 0 Å². The van der Waals surface area contributed by atoms with Crippen LogP contribution in [0.25, 0.3) is 0 Å². The third kappa shape index (κ3) is 3.81. The molecule has 3 rings (SSSR count). The molecule has 0 atom stereocenters. The minimum absolute atomic E-state index is 0.0108. The van der Waals surface area contributed by atoms with Crippen molar-refractivity contribution >= 4 is 28.2 Å². The standard InChI is InChI=1S/C18H17N3O2S/c1-14(22)16-4-2-3-15(13-16)5-6-17(23)20-8-10-21(11-9-20)18-19-7-12-24-18/h2-4,7,12-13H,8-11H2,1H3. The van der Waals surface area contributed by atoms with Gasteiger partial charge in [-0.15, -0.1) is 11.3 Å². The molecule has 122 valence electrons. The van der Waals surface area contributed by atoms with Crippen molar-refractivity contribution < 1.29 is 9.59 Å². The van der Waals surface area contributed by atoms with Crippen LogP contribution in [0.1, 0.15) is 22.8 Å². The lowest BCUT2D eigenvalue weighted by atomic mass is 10.1. The van der Waals surface area contributed by atoms with Crippen LogP contribution in [0.5, 0.6) is 0 Å². The van der Waals surface area contributed by atoms with Crippen LogP contribution in [0.4, 0.5) is 5.13 Å². The number of aromatic nitrogens is 1. The summed E-state index contributed by atoms with van der Waals surface area (Å²) >= 11 is 1.61. The number of Topliss-reactive ketones (excluding diaryl/α,β-unsaturated/α-hetero) is 1. The van der Waals surface area contributed by atoms with E-state index in [1.807, 2.05) is 5.38 Å². The summed E-state index contributed by atoms with van der Waals surface area (Å²) in [7, 11) is 0. The summed E-state index contributed by atoms with van der Waals surface area (Å²) in [4.78, 5) is 31.8. The molecule has 1 fully saturated rings. The molecule has 1 aliphatic rings. The predicted molar refractivity (Wildman–Crippen MR) is 94.2 cm³/mol. The third-order valence-corrected chi connectivity index (χ3v) is 4.67. The van der Waals surface area contributed by atoms with Gasteiger partial charge in [0, 0.05) is 54.8 Å². The number of carbonyl (C=O) groups is 2. The van der Waals surface area contributed by atoms with Gasteiger partial charge in [-0.2, -0.15) is 0 Å². The Morgan fingerprint density at radius 1 is 1.21 bits per heavy atom. The second-order valence-corrected chi connectivity index (χ2v) is 6.35. The van der Waals surface area contributed by atoms with Gasteiger partial charge in [0.15, 0.2) is 10.9 Å². The van der Waals surface area contributed by atoms with Gasteiger partial charge >= 0.3 is 0 Å². The number of piperazine rings is 1. The molecule has 24 heavy (non-hydrogen) atoms. The molecule has 0 unspecified atom stereocenters. The maximum Gasteiger partial charge on any atom is 0.298 e. The second-order valence-electron chi connectivity index (χ2n) is 5.48. The van der Waals surface area contributed by atoms with E-state index in [-0.39, 0.29) is 11.7 Å². The molecule has 0 aliphatic carbocycles. The number of thiazole rings is 1. The molecule has 0 radical (unpaired) electrons. The molecule has 0 bridgehead atoms. The van der Waals surface area contributed by atoms with E-state index < -0.39 is 0 Å². The monoisotopic (exact) mass is 339 g/mol. The van der Waals surface area contributed by atoms with Gasteiger partial charge in [0.1, 0.15) is 0 Å². The van der Waals surface area contributed by atoms with Crippen molar-refractivity contribution in [1.82, 2.24) is 9.88 Å². The second kappa shape index (κ2) is 7.28.